The van der Waals surface area contributed by atoms with Gasteiger partial charge in [0.1, 0.15) is 5.57 Å². The second-order valence-corrected chi connectivity index (χ2v) is 7.42. The van der Waals surface area contributed by atoms with Crippen LogP contribution >= 0.6 is 0 Å². The molecule has 0 radical (unpaired) electrons. The first-order chi connectivity index (χ1) is 16.4. The zero-order valence-corrected chi connectivity index (χ0v) is 19.5. The predicted octanol–water partition coefficient (Wildman–Crippen LogP) is 3.61. The van der Waals surface area contributed by atoms with Gasteiger partial charge in [-0.2, -0.15) is 0 Å². The van der Waals surface area contributed by atoms with Gasteiger partial charge >= 0.3 is 5.97 Å². The molecule has 1 aliphatic heterocycles. The molecule has 8 nitrogen and oxygen atoms in total. The number of hydrogen-bond acceptors (Lipinski definition) is 6. The first kappa shape index (κ1) is 24.6. The molecule has 0 bridgehead atoms. The maximum atomic E-state index is 12.9. The number of hydrogen-bond donors (Lipinski definition) is 1. The van der Waals surface area contributed by atoms with Gasteiger partial charge in [0.15, 0.2) is 17.6 Å². The molecule has 0 saturated carbocycles. The molecule has 1 saturated heterocycles. The summed E-state index contributed by atoms with van der Waals surface area (Å²) in [6.07, 6.45) is 2.76. The van der Waals surface area contributed by atoms with Crippen LogP contribution in [-0.2, 0) is 25.5 Å². The van der Waals surface area contributed by atoms with E-state index in [0.29, 0.717) is 41.3 Å². The lowest BCUT2D eigenvalue weighted by atomic mass is 10.0. The van der Waals surface area contributed by atoms with Crippen molar-refractivity contribution >= 4 is 29.5 Å². The van der Waals surface area contributed by atoms with Crippen molar-refractivity contribution in [3.63, 3.8) is 0 Å². The van der Waals surface area contributed by atoms with Gasteiger partial charge in [0.25, 0.3) is 11.8 Å². The molecule has 178 valence electrons. The lowest BCUT2D eigenvalue weighted by Crippen LogP contribution is -2.35. The van der Waals surface area contributed by atoms with E-state index in [1.165, 1.54) is 11.1 Å². The number of benzene rings is 2. The van der Waals surface area contributed by atoms with Crippen LogP contribution in [0, 0.1) is 0 Å². The minimum atomic E-state index is -0.853. The van der Waals surface area contributed by atoms with Crippen LogP contribution in [-0.4, -0.2) is 37.1 Å². The number of amides is 2. The number of nitrogens with one attached hydrogen (secondary N) is 1. The van der Waals surface area contributed by atoms with Gasteiger partial charge in [-0.05, 0) is 63.1 Å². The summed E-state index contributed by atoms with van der Waals surface area (Å²) in [5.74, 6) is -0.688. The van der Waals surface area contributed by atoms with Crippen LogP contribution in [0.1, 0.15) is 31.9 Å². The number of esters is 1. The van der Waals surface area contributed by atoms with E-state index < -0.39 is 23.9 Å². The Labute approximate surface area is 198 Å². The summed E-state index contributed by atoms with van der Waals surface area (Å²) >= 11 is 0. The normalized spacial score (nSPS) is 15.1. The Balaban J connectivity index is 1.99. The lowest BCUT2D eigenvalue weighted by molar-refractivity contribution is -0.150. The third kappa shape index (κ3) is 5.46. The summed E-state index contributed by atoms with van der Waals surface area (Å²) in [4.78, 5) is 37.6. The quantitative estimate of drug-likeness (QED) is 0.250. The zero-order valence-electron chi connectivity index (χ0n) is 19.5. The number of hydrazine groups is 1. The molecule has 1 heterocycles. The molecule has 1 aliphatic rings. The summed E-state index contributed by atoms with van der Waals surface area (Å²) in [7, 11) is 0. The number of carbonyl (C=O) groups excluding carboxylic acids is 3. The summed E-state index contributed by atoms with van der Waals surface area (Å²) in [6.45, 7) is 9.52. The molecule has 2 aromatic carbocycles. The van der Waals surface area contributed by atoms with Gasteiger partial charge < -0.3 is 14.2 Å². The molecule has 34 heavy (non-hydrogen) atoms. The van der Waals surface area contributed by atoms with Crippen molar-refractivity contribution in [3.8, 4) is 11.5 Å². The highest BCUT2D eigenvalue weighted by molar-refractivity contribution is 6.31. The standard InChI is InChI=1S/C26H28N2O6/c1-5-11-19-14-18(16-22(32-6-2)23(19)34-17(4)26(31)33-7-3)15-21-24(29)27-28(25(21)30)20-12-9-8-10-13-20/h5,8-10,12-17H,1,6-7,11H2,2-4H3,(H,27,29)/b21-15-/t17-/m1/s1. The van der Waals surface area contributed by atoms with Crippen molar-refractivity contribution in [2.75, 3.05) is 18.2 Å². The fourth-order valence-corrected chi connectivity index (χ4v) is 3.44. The molecule has 0 spiro atoms. The molecule has 1 fully saturated rings. The largest absolute Gasteiger partial charge is 0.490 e. The Morgan fingerprint density at radius 3 is 2.53 bits per heavy atom. The van der Waals surface area contributed by atoms with E-state index in [-0.39, 0.29) is 12.2 Å². The fraction of sp³-hybridized carbons (Fsp3) is 0.269. The van der Waals surface area contributed by atoms with Gasteiger partial charge in [-0.3, -0.25) is 15.0 Å². The minimum Gasteiger partial charge on any atom is -0.490 e. The summed E-state index contributed by atoms with van der Waals surface area (Å²) < 4.78 is 16.7. The summed E-state index contributed by atoms with van der Waals surface area (Å²) in [5.41, 5.74) is 4.40. The van der Waals surface area contributed by atoms with Crippen LogP contribution in [0.15, 0.2) is 60.7 Å². The second-order valence-electron chi connectivity index (χ2n) is 7.42. The number of nitrogens with zero attached hydrogens (tertiary/aromatic N) is 1. The fourth-order valence-electron chi connectivity index (χ4n) is 3.44. The maximum absolute atomic E-state index is 12.9. The number of allylic oxidation sites excluding steroid dienone is 1. The third-order valence-corrected chi connectivity index (χ3v) is 4.95. The molecule has 2 aromatic rings. The molecule has 0 aromatic heterocycles. The maximum Gasteiger partial charge on any atom is 0.347 e. The first-order valence-electron chi connectivity index (χ1n) is 11.1. The highest BCUT2D eigenvalue weighted by atomic mass is 16.6. The topological polar surface area (TPSA) is 94.2 Å². The van der Waals surface area contributed by atoms with Crippen LogP contribution in [0.4, 0.5) is 5.69 Å². The summed E-state index contributed by atoms with van der Waals surface area (Å²) in [5, 5.41) is 1.21. The van der Waals surface area contributed by atoms with Crippen molar-refractivity contribution in [2.24, 2.45) is 0 Å². The average molecular weight is 465 g/mol. The Morgan fingerprint density at radius 1 is 1.15 bits per heavy atom. The minimum absolute atomic E-state index is 0.00980. The predicted molar refractivity (Wildman–Crippen MR) is 128 cm³/mol. The van der Waals surface area contributed by atoms with Crippen LogP contribution in [0.2, 0.25) is 0 Å². The highest BCUT2D eigenvalue weighted by Crippen LogP contribution is 2.36. The van der Waals surface area contributed by atoms with E-state index >= 15 is 0 Å². The Bertz CT molecular complexity index is 1110. The van der Waals surface area contributed by atoms with E-state index in [9.17, 15) is 14.4 Å². The number of para-hydroxylation sites is 1. The van der Waals surface area contributed by atoms with Gasteiger partial charge in [0, 0.05) is 5.56 Å². The SMILES string of the molecule is C=CCc1cc(/C=C2/C(=O)NN(c3ccccc3)C2=O)cc(OCC)c1O[C@H](C)C(=O)OCC. The highest BCUT2D eigenvalue weighted by Gasteiger charge is 2.34. The van der Waals surface area contributed by atoms with E-state index in [2.05, 4.69) is 12.0 Å². The molecule has 3 rings (SSSR count). The number of anilines is 1. The molecule has 1 atom stereocenters. The Hall–Kier alpha value is -4.07. The van der Waals surface area contributed by atoms with Gasteiger partial charge in [0.2, 0.25) is 0 Å². The van der Waals surface area contributed by atoms with Crippen molar-refractivity contribution < 1.29 is 28.6 Å². The van der Waals surface area contributed by atoms with Gasteiger partial charge in [-0.25, -0.2) is 9.80 Å². The molecule has 2 amide bonds. The molecule has 1 N–H and O–H groups in total. The van der Waals surface area contributed by atoms with E-state index in [1.54, 1.807) is 56.3 Å². The first-order valence-corrected chi connectivity index (χ1v) is 11.1. The van der Waals surface area contributed by atoms with Crippen LogP contribution in [0.25, 0.3) is 6.08 Å². The van der Waals surface area contributed by atoms with E-state index in [4.69, 9.17) is 14.2 Å². The molecule has 8 heteroatoms. The van der Waals surface area contributed by atoms with Crippen molar-refractivity contribution in [2.45, 2.75) is 33.3 Å². The lowest BCUT2D eigenvalue weighted by Gasteiger charge is -2.20. The van der Waals surface area contributed by atoms with Gasteiger partial charge in [0.05, 0.1) is 18.9 Å². The Kier molecular flexibility index (Phi) is 8.08. The van der Waals surface area contributed by atoms with E-state index in [0.717, 1.165) is 0 Å². The monoisotopic (exact) mass is 464 g/mol. The number of ether oxygens (including phenoxy) is 3. The average Bonchev–Trinajstić information content (AvgIpc) is 3.10. The van der Waals surface area contributed by atoms with Crippen LogP contribution in [0.3, 0.4) is 0 Å². The Morgan fingerprint density at radius 2 is 1.88 bits per heavy atom. The molecular formula is C26H28N2O6. The smallest absolute Gasteiger partial charge is 0.347 e. The summed E-state index contributed by atoms with van der Waals surface area (Å²) in [6, 6.07) is 12.3. The van der Waals surface area contributed by atoms with Crippen molar-refractivity contribution in [3.05, 3.63) is 71.8 Å². The van der Waals surface area contributed by atoms with Crippen LogP contribution in [0.5, 0.6) is 11.5 Å². The van der Waals surface area contributed by atoms with Gasteiger partial charge in [-0.1, -0.05) is 24.3 Å². The molecular weight excluding hydrogens is 436 g/mol. The zero-order chi connectivity index (χ0) is 24.7. The molecule has 0 aliphatic carbocycles. The van der Waals surface area contributed by atoms with Gasteiger partial charge in [-0.15, -0.1) is 6.58 Å². The van der Waals surface area contributed by atoms with Crippen LogP contribution < -0.4 is 19.9 Å². The van der Waals surface area contributed by atoms with Crippen molar-refractivity contribution in [1.82, 2.24) is 5.43 Å². The van der Waals surface area contributed by atoms with Crippen molar-refractivity contribution in [1.29, 1.82) is 0 Å². The number of carbonyl (C=O) groups is 3. The second kappa shape index (κ2) is 11.2. The van der Waals surface area contributed by atoms with E-state index in [1.807, 2.05) is 13.0 Å². The third-order valence-electron chi connectivity index (χ3n) is 4.95. The molecule has 0 unspecified atom stereocenters. The number of rotatable bonds is 10.